The van der Waals surface area contributed by atoms with Gasteiger partial charge in [-0.25, -0.2) is 4.98 Å². The van der Waals surface area contributed by atoms with Gasteiger partial charge in [-0.2, -0.15) is 0 Å². The fraction of sp³-hybridized carbons (Fsp3) is 0.364. The van der Waals surface area contributed by atoms with E-state index in [-0.39, 0.29) is 5.91 Å². The quantitative estimate of drug-likeness (QED) is 0.614. The van der Waals surface area contributed by atoms with Crippen molar-refractivity contribution in [3.05, 3.63) is 52.7 Å². The first-order valence-corrected chi connectivity index (χ1v) is 11.4. The fourth-order valence-electron chi connectivity index (χ4n) is 3.52. The lowest BCUT2D eigenvalue weighted by atomic mass is 10.2. The molecule has 0 spiro atoms. The molecule has 3 heterocycles. The highest BCUT2D eigenvalue weighted by molar-refractivity contribution is 7.17. The Kier molecular flexibility index (Phi) is 5.90. The van der Waals surface area contributed by atoms with Gasteiger partial charge >= 0.3 is 0 Å². The fourth-order valence-corrected chi connectivity index (χ4v) is 5.40. The smallest absolute Gasteiger partial charge is 0.227 e. The van der Waals surface area contributed by atoms with E-state index in [1.165, 1.54) is 0 Å². The molecular formula is C22H25N3OS2. The van der Waals surface area contributed by atoms with Gasteiger partial charge in [0.05, 0.1) is 17.0 Å². The lowest BCUT2D eigenvalue weighted by Gasteiger charge is -2.36. The molecule has 3 aromatic rings. The standard InChI is InChI=1S/C22H25N3OS2/c1-16(2)24-10-12-25(13-11-24)20(26)15-19-21(18-9-6-14-27-18)23-22(28-19)17-7-4-3-5-8-17/h3-9,14,16H,10-13,15H2,1-2H3. The number of hydrogen-bond acceptors (Lipinski definition) is 5. The maximum atomic E-state index is 13.0. The minimum atomic E-state index is 0.212. The van der Waals surface area contributed by atoms with Crippen molar-refractivity contribution in [1.82, 2.24) is 14.8 Å². The summed E-state index contributed by atoms with van der Waals surface area (Å²) in [4.78, 5) is 24.5. The Labute approximate surface area is 174 Å². The minimum Gasteiger partial charge on any atom is -0.340 e. The van der Waals surface area contributed by atoms with E-state index in [9.17, 15) is 4.79 Å². The van der Waals surface area contributed by atoms with E-state index < -0.39 is 0 Å². The Morgan fingerprint density at radius 2 is 1.82 bits per heavy atom. The average molecular weight is 412 g/mol. The number of nitrogens with zero attached hydrogens (tertiary/aromatic N) is 3. The highest BCUT2D eigenvalue weighted by Gasteiger charge is 2.25. The van der Waals surface area contributed by atoms with Crippen LogP contribution in [0.4, 0.5) is 0 Å². The van der Waals surface area contributed by atoms with Gasteiger partial charge in [0.25, 0.3) is 0 Å². The van der Waals surface area contributed by atoms with Crippen molar-refractivity contribution in [2.24, 2.45) is 0 Å². The second kappa shape index (κ2) is 8.55. The summed E-state index contributed by atoms with van der Waals surface area (Å²) in [6, 6.07) is 14.9. The van der Waals surface area contributed by atoms with Crippen molar-refractivity contribution < 1.29 is 4.79 Å². The molecule has 0 bridgehead atoms. The Hall–Kier alpha value is -2.02. The SMILES string of the molecule is CC(C)N1CCN(C(=O)Cc2sc(-c3ccccc3)nc2-c2cccs2)CC1. The third-order valence-corrected chi connectivity index (χ3v) is 7.16. The maximum absolute atomic E-state index is 13.0. The molecule has 0 aliphatic carbocycles. The summed E-state index contributed by atoms with van der Waals surface area (Å²) in [6.45, 7) is 7.98. The molecule has 6 heteroatoms. The van der Waals surface area contributed by atoms with Gasteiger partial charge in [-0.05, 0) is 25.3 Å². The van der Waals surface area contributed by atoms with Crippen molar-refractivity contribution in [2.45, 2.75) is 26.3 Å². The number of thiazole rings is 1. The largest absolute Gasteiger partial charge is 0.340 e. The molecule has 2 aromatic heterocycles. The second-order valence-electron chi connectivity index (χ2n) is 7.32. The van der Waals surface area contributed by atoms with Crippen LogP contribution in [0, 0.1) is 0 Å². The molecule has 1 fully saturated rings. The van der Waals surface area contributed by atoms with Crippen molar-refractivity contribution in [3.63, 3.8) is 0 Å². The van der Waals surface area contributed by atoms with Crippen LogP contribution in [0.3, 0.4) is 0 Å². The van der Waals surface area contributed by atoms with Crippen LogP contribution in [-0.4, -0.2) is 52.9 Å². The van der Waals surface area contributed by atoms with Crippen molar-refractivity contribution >= 4 is 28.6 Å². The van der Waals surface area contributed by atoms with Crippen LogP contribution < -0.4 is 0 Å². The van der Waals surface area contributed by atoms with E-state index in [1.54, 1.807) is 22.7 Å². The number of rotatable bonds is 5. The van der Waals surface area contributed by atoms with E-state index >= 15 is 0 Å². The molecule has 0 N–H and O–H groups in total. The highest BCUT2D eigenvalue weighted by Crippen LogP contribution is 2.36. The number of benzene rings is 1. The van der Waals surface area contributed by atoms with Crippen LogP contribution >= 0.6 is 22.7 Å². The van der Waals surface area contributed by atoms with Crippen molar-refractivity contribution in [3.8, 4) is 21.1 Å². The number of hydrogen-bond donors (Lipinski definition) is 0. The average Bonchev–Trinajstić information content (AvgIpc) is 3.38. The molecule has 0 atom stereocenters. The molecule has 1 aliphatic heterocycles. The summed E-state index contributed by atoms with van der Waals surface area (Å²) < 4.78 is 0. The topological polar surface area (TPSA) is 36.4 Å². The van der Waals surface area contributed by atoms with Crippen molar-refractivity contribution in [2.75, 3.05) is 26.2 Å². The normalized spacial score (nSPS) is 15.3. The van der Waals surface area contributed by atoms with E-state index in [0.717, 1.165) is 52.2 Å². The van der Waals surface area contributed by atoms with Gasteiger partial charge in [0.2, 0.25) is 5.91 Å². The number of aromatic nitrogens is 1. The third kappa shape index (κ3) is 4.19. The van der Waals surface area contributed by atoms with Crippen LogP contribution in [0.15, 0.2) is 47.8 Å². The lowest BCUT2D eigenvalue weighted by Crippen LogP contribution is -2.51. The molecule has 1 amide bonds. The zero-order chi connectivity index (χ0) is 19.5. The predicted octanol–water partition coefficient (Wildman–Crippen LogP) is 4.63. The zero-order valence-corrected chi connectivity index (χ0v) is 17.9. The van der Waals surface area contributed by atoms with Crippen LogP contribution in [0.2, 0.25) is 0 Å². The summed E-state index contributed by atoms with van der Waals surface area (Å²) in [6.07, 6.45) is 0.430. The number of amides is 1. The predicted molar refractivity (Wildman–Crippen MR) is 118 cm³/mol. The van der Waals surface area contributed by atoms with Gasteiger partial charge in [-0.15, -0.1) is 22.7 Å². The number of carbonyl (C=O) groups excluding carboxylic acids is 1. The molecule has 4 rings (SSSR count). The molecular weight excluding hydrogens is 386 g/mol. The first-order valence-electron chi connectivity index (χ1n) is 9.72. The van der Waals surface area contributed by atoms with Crippen molar-refractivity contribution in [1.29, 1.82) is 0 Å². The van der Waals surface area contributed by atoms with Crippen LogP contribution in [-0.2, 0) is 11.2 Å². The van der Waals surface area contributed by atoms with E-state index in [0.29, 0.717) is 12.5 Å². The Bertz CT molecular complexity index is 911. The summed E-state index contributed by atoms with van der Waals surface area (Å²) in [5.74, 6) is 0.212. The number of piperazine rings is 1. The first kappa shape index (κ1) is 19.3. The monoisotopic (exact) mass is 411 g/mol. The lowest BCUT2D eigenvalue weighted by molar-refractivity contribution is -0.132. The van der Waals surface area contributed by atoms with Crippen LogP contribution in [0.1, 0.15) is 18.7 Å². The van der Waals surface area contributed by atoms with Crippen LogP contribution in [0.5, 0.6) is 0 Å². The second-order valence-corrected chi connectivity index (χ2v) is 9.35. The number of thiophene rings is 1. The molecule has 1 saturated heterocycles. The Morgan fingerprint density at radius 3 is 2.46 bits per heavy atom. The summed E-state index contributed by atoms with van der Waals surface area (Å²) in [5, 5.41) is 3.05. The number of carbonyl (C=O) groups is 1. The molecule has 0 unspecified atom stereocenters. The van der Waals surface area contributed by atoms with Gasteiger partial charge in [0.1, 0.15) is 5.01 Å². The first-order chi connectivity index (χ1) is 13.6. The molecule has 0 saturated carbocycles. The Morgan fingerprint density at radius 1 is 1.07 bits per heavy atom. The molecule has 146 valence electrons. The third-order valence-electron chi connectivity index (χ3n) is 5.18. The molecule has 1 aromatic carbocycles. The van der Waals surface area contributed by atoms with E-state index in [2.05, 4.69) is 42.3 Å². The molecule has 4 nitrogen and oxygen atoms in total. The highest BCUT2D eigenvalue weighted by atomic mass is 32.1. The molecule has 28 heavy (non-hydrogen) atoms. The van der Waals surface area contributed by atoms with Gasteiger partial charge in [-0.1, -0.05) is 36.4 Å². The van der Waals surface area contributed by atoms with Gasteiger partial charge in [0.15, 0.2) is 0 Å². The summed E-state index contributed by atoms with van der Waals surface area (Å²) in [7, 11) is 0. The van der Waals surface area contributed by atoms with E-state index in [1.807, 2.05) is 29.2 Å². The summed E-state index contributed by atoms with van der Waals surface area (Å²) >= 11 is 3.32. The van der Waals surface area contributed by atoms with E-state index in [4.69, 9.17) is 4.98 Å². The van der Waals surface area contributed by atoms with Gasteiger partial charge in [0, 0.05) is 42.7 Å². The Balaban J connectivity index is 1.55. The summed E-state index contributed by atoms with van der Waals surface area (Å²) in [5.41, 5.74) is 2.07. The zero-order valence-electron chi connectivity index (χ0n) is 16.3. The maximum Gasteiger partial charge on any atom is 0.227 e. The molecule has 1 aliphatic rings. The van der Waals surface area contributed by atoms with Gasteiger partial charge in [-0.3, -0.25) is 9.69 Å². The van der Waals surface area contributed by atoms with Gasteiger partial charge < -0.3 is 4.90 Å². The molecule has 0 radical (unpaired) electrons. The minimum absolute atomic E-state index is 0.212. The van der Waals surface area contributed by atoms with Crippen LogP contribution in [0.25, 0.3) is 21.1 Å².